The molecule has 2 aromatic heterocycles. The quantitative estimate of drug-likeness (QED) is 0.552. The van der Waals surface area contributed by atoms with E-state index >= 15 is 0 Å². The number of aromatic nitrogens is 1. The Labute approximate surface area is 179 Å². The van der Waals surface area contributed by atoms with Gasteiger partial charge in [-0.2, -0.15) is 11.3 Å². The van der Waals surface area contributed by atoms with Crippen LogP contribution >= 0.6 is 11.3 Å². The van der Waals surface area contributed by atoms with Gasteiger partial charge in [-0.3, -0.25) is 4.79 Å². The van der Waals surface area contributed by atoms with Crippen molar-refractivity contribution in [2.45, 2.75) is 38.5 Å². The van der Waals surface area contributed by atoms with Crippen molar-refractivity contribution in [3.8, 4) is 5.88 Å². The van der Waals surface area contributed by atoms with E-state index in [0.717, 1.165) is 30.5 Å². The molecule has 1 fully saturated rings. The van der Waals surface area contributed by atoms with Crippen LogP contribution in [0.15, 0.2) is 35.0 Å². The number of carbonyl (C=O) groups is 2. The van der Waals surface area contributed by atoms with E-state index in [9.17, 15) is 9.59 Å². The van der Waals surface area contributed by atoms with Gasteiger partial charge in [0.2, 0.25) is 5.88 Å². The maximum absolute atomic E-state index is 13.4. The molecule has 1 aliphatic rings. The average Bonchev–Trinajstić information content (AvgIpc) is 3.23. The summed E-state index contributed by atoms with van der Waals surface area (Å²) in [5.74, 6) is -0.551. The number of pyridine rings is 1. The standard InChI is InChI=1S/C23H24N2O4S/c1-4-29-22(27)16-12-14-6-7-17(23(2)9-5-10-23)18(19(14)25-21(16)28-3)20(26)24-15-8-11-30-13-15/h6-8,11-13H,4-5,9-10H2,1-3H3,(H,24,26). The number of esters is 1. The molecule has 30 heavy (non-hydrogen) atoms. The van der Waals surface area contributed by atoms with Crippen molar-refractivity contribution in [1.29, 1.82) is 0 Å². The molecule has 7 heteroatoms. The molecule has 2 heterocycles. The van der Waals surface area contributed by atoms with Crippen LogP contribution in [0.3, 0.4) is 0 Å². The molecule has 0 radical (unpaired) electrons. The second-order valence-electron chi connectivity index (χ2n) is 7.71. The summed E-state index contributed by atoms with van der Waals surface area (Å²) in [6.07, 6.45) is 3.18. The average molecular weight is 425 g/mol. The first-order valence-corrected chi connectivity index (χ1v) is 10.9. The third-order valence-electron chi connectivity index (χ3n) is 5.75. The fourth-order valence-corrected chi connectivity index (χ4v) is 4.56. The lowest BCUT2D eigenvalue weighted by atomic mass is 9.64. The van der Waals surface area contributed by atoms with Crippen molar-refractivity contribution in [1.82, 2.24) is 4.98 Å². The summed E-state index contributed by atoms with van der Waals surface area (Å²) in [6, 6.07) is 7.47. The molecular formula is C23H24N2O4S. The molecule has 0 spiro atoms. The van der Waals surface area contributed by atoms with Crippen molar-refractivity contribution in [3.63, 3.8) is 0 Å². The van der Waals surface area contributed by atoms with Gasteiger partial charge >= 0.3 is 5.97 Å². The normalized spacial score (nSPS) is 14.8. The molecule has 0 atom stereocenters. The van der Waals surface area contributed by atoms with Crippen LogP contribution < -0.4 is 10.1 Å². The maximum Gasteiger partial charge on any atom is 0.343 e. The highest BCUT2D eigenvalue weighted by molar-refractivity contribution is 7.08. The van der Waals surface area contributed by atoms with E-state index in [2.05, 4.69) is 17.2 Å². The van der Waals surface area contributed by atoms with Crippen LogP contribution in [-0.4, -0.2) is 30.6 Å². The molecule has 0 bridgehead atoms. The third-order valence-corrected chi connectivity index (χ3v) is 6.44. The molecule has 1 amide bonds. The maximum atomic E-state index is 13.4. The van der Waals surface area contributed by atoms with Crippen molar-refractivity contribution in [2.24, 2.45) is 0 Å². The van der Waals surface area contributed by atoms with Crippen molar-refractivity contribution >= 4 is 39.8 Å². The van der Waals surface area contributed by atoms with Crippen molar-refractivity contribution < 1.29 is 19.1 Å². The second-order valence-corrected chi connectivity index (χ2v) is 8.49. The molecule has 156 valence electrons. The van der Waals surface area contributed by atoms with Crippen LogP contribution in [0, 0.1) is 0 Å². The highest BCUT2D eigenvalue weighted by atomic mass is 32.1. The Morgan fingerprint density at radius 1 is 1.27 bits per heavy atom. The monoisotopic (exact) mass is 424 g/mol. The first-order valence-electron chi connectivity index (χ1n) is 9.99. The Kier molecular flexibility index (Phi) is 5.47. The zero-order chi connectivity index (χ0) is 21.3. The number of benzene rings is 1. The Balaban J connectivity index is 1.90. The molecule has 1 aromatic carbocycles. The van der Waals surface area contributed by atoms with Gasteiger partial charge in [-0.05, 0) is 48.3 Å². The summed E-state index contributed by atoms with van der Waals surface area (Å²) in [7, 11) is 1.46. The fourth-order valence-electron chi connectivity index (χ4n) is 3.97. The second kappa shape index (κ2) is 8.07. The van der Waals surface area contributed by atoms with Gasteiger partial charge in [0.1, 0.15) is 5.56 Å². The van der Waals surface area contributed by atoms with Crippen molar-refractivity contribution in [3.05, 3.63) is 51.7 Å². The van der Waals surface area contributed by atoms with Gasteiger partial charge in [-0.1, -0.05) is 25.5 Å². The van der Waals surface area contributed by atoms with Crippen LogP contribution in [-0.2, 0) is 10.2 Å². The number of carbonyl (C=O) groups excluding carboxylic acids is 2. The summed E-state index contributed by atoms with van der Waals surface area (Å²) >= 11 is 1.52. The zero-order valence-corrected chi connectivity index (χ0v) is 18.1. The fraction of sp³-hybridized carbons (Fsp3) is 0.348. The van der Waals surface area contributed by atoms with Crippen LogP contribution in [0.4, 0.5) is 5.69 Å². The predicted octanol–water partition coefficient (Wildman–Crippen LogP) is 5.18. The summed E-state index contributed by atoms with van der Waals surface area (Å²) in [5.41, 5.74) is 2.98. The third kappa shape index (κ3) is 3.54. The number of fused-ring (bicyclic) bond motifs is 1. The summed E-state index contributed by atoms with van der Waals surface area (Å²) in [5, 5.41) is 7.49. The number of amides is 1. The Hall–Kier alpha value is -2.93. The SMILES string of the molecule is CCOC(=O)c1cc2ccc(C3(C)CCC3)c(C(=O)Nc3ccsc3)c2nc1OC. The minimum absolute atomic E-state index is 0.0652. The number of rotatable bonds is 6. The van der Waals surface area contributed by atoms with Gasteiger partial charge in [0.15, 0.2) is 0 Å². The Morgan fingerprint density at radius 3 is 2.67 bits per heavy atom. The minimum Gasteiger partial charge on any atom is -0.480 e. The lowest BCUT2D eigenvalue weighted by Gasteiger charge is -2.40. The summed E-state index contributed by atoms with van der Waals surface area (Å²) < 4.78 is 10.5. The van der Waals surface area contributed by atoms with E-state index in [0.29, 0.717) is 16.5 Å². The van der Waals surface area contributed by atoms with E-state index in [-0.39, 0.29) is 29.4 Å². The van der Waals surface area contributed by atoms with Gasteiger partial charge in [0.25, 0.3) is 5.91 Å². The topological polar surface area (TPSA) is 77.5 Å². The number of thiophene rings is 1. The zero-order valence-electron chi connectivity index (χ0n) is 17.3. The largest absolute Gasteiger partial charge is 0.480 e. The van der Waals surface area contributed by atoms with Crippen LogP contribution in [0.25, 0.3) is 10.9 Å². The lowest BCUT2D eigenvalue weighted by molar-refractivity contribution is 0.0522. The predicted molar refractivity (Wildman–Crippen MR) is 118 cm³/mol. The molecule has 1 aliphatic carbocycles. The lowest BCUT2D eigenvalue weighted by Crippen LogP contribution is -2.33. The highest BCUT2D eigenvalue weighted by Gasteiger charge is 2.37. The van der Waals surface area contributed by atoms with Gasteiger partial charge < -0.3 is 14.8 Å². The van der Waals surface area contributed by atoms with E-state index < -0.39 is 5.97 Å². The summed E-state index contributed by atoms with van der Waals surface area (Å²) in [6.45, 7) is 4.19. The molecular weight excluding hydrogens is 400 g/mol. The number of methoxy groups -OCH3 is 1. The van der Waals surface area contributed by atoms with Gasteiger partial charge in [0.05, 0.1) is 30.5 Å². The number of nitrogens with zero attached hydrogens (tertiary/aromatic N) is 1. The minimum atomic E-state index is -0.497. The molecule has 0 unspecified atom stereocenters. The van der Waals surface area contributed by atoms with Gasteiger partial charge in [-0.15, -0.1) is 0 Å². The Bertz CT molecular complexity index is 1100. The highest BCUT2D eigenvalue weighted by Crippen LogP contribution is 2.46. The number of hydrogen-bond acceptors (Lipinski definition) is 6. The first-order chi connectivity index (χ1) is 14.5. The van der Waals surface area contributed by atoms with Crippen LogP contribution in [0.2, 0.25) is 0 Å². The molecule has 0 aliphatic heterocycles. The number of hydrogen-bond donors (Lipinski definition) is 1. The van der Waals surface area contributed by atoms with Crippen molar-refractivity contribution in [2.75, 3.05) is 19.0 Å². The number of nitrogens with one attached hydrogen (secondary N) is 1. The first kappa shape index (κ1) is 20.3. The van der Waals surface area contributed by atoms with Gasteiger partial charge in [0, 0.05) is 10.8 Å². The van der Waals surface area contributed by atoms with Crippen LogP contribution in [0.5, 0.6) is 5.88 Å². The van der Waals surface area contributed by atoms with E-state index in [1.165, 1.54) is 18.4 Å². The number of ether oxygens (including phenoxy) is 2. The smallest absolute Gasteiger partial charge is 0.343 e. The molecule has 1 N–H and O–H groups in total. The van der Waals surface area contributed by atoms with Crippen LogP contribution in [0.1, 0.15) is 59.4 Å². The van der Waals surface area contributed by atoms with Gasteiger partial charge in [-0.25, -0.2) is 9.78 Å². The molecule has 1 saturated carbocycles. The van der Waals surface area contributed by atoms with E-state index in [1.54, 1.807) is 13.0 Å². The molecule has 4 rings (SSSR count). The molecule has 3 aromatic rings. The van der Waals surface area contributed by atoms with E-state index in [4.69, 9.17) is 9.47 Å². The molecule has 0 saturated heterocycles. The number of anilines is 1. The van der Waals surface area contributed by atoms with E-state index in [1.807, 2.05) is 29.0 Å². The molecule has 6 nitrogen and oxygen atoms in total. The Morgan fingerprint density at radius 2 is 2.07 bits per heavy atom. The summed E-state index contributed by atoms with van der Waals surface area (Å²) in [4.78, 5) is 30.3.